The van der Waals surface area contributed by atoms with Crippen LogP contribution in [0.3, 0.4) is 0 Å². The molecule has 2 fully saturated rings. The fraction of sp³-hybridized carbons (Fsp3) is 0.697. The van der Waals surface area contributed by atoms with Crippen molar-refractivity contribution < 1.29 is 52.3 Å². The van der Waals surface area contributed by atoms with Crippen LogP contribution in [0.1, 0.15) is 48.0 Å². The molecule has 49 heavy (non-hydrogen) atoms. The van der Waals surface area contributed by atoms with Crippen molar-refractivity contribution in [3.8, 4) is 0 Å². The van der Waals surface area contributed by atoms with Crippen molar-refractivity contribution >= 4 is 41.7 Å². The SMILES string of the molecule is Cl.O=C1CCC(N2Cc3c(NC(=O)CCOCCOCCOCCOCCOCCOCCOC4CCNCC4)cccc3C2=O)C(=O)N1. The predicted molar refractivity (Wildman–Crippen MR) is 180 cm³/mol. The van der Waals surface area contributed by atoms with Crippen LogP contribution >= 0.6 is 12.4 Å². The maximum Gasteiger partial charge on any atom is 0.255 e. The Kier molecular flexibility index (Phi) is 19.6. The average molecular weight is 715 g/mol. The number of fused-ring (bicyclic) bond motifs is 1. The zero-order valence-corrected chi connectivity index (χ0v) is 28.9. The lowest BCUT2D eigenvalue weighted by Gasteiger charge is -2.29. The summed E-state index contributed by atoms with van der Waals surface area (Å²) < 4.78 is 38.8. The van der Waals surface area contributed by atoms with Gasteiger partial charge in [0.1, 0.15) is 6.04 Å². The van der Waals surface area contributed by atoms with Gasteiger partial charge < -0.3 is 48.7 Å². The summed E-state index contributed by atoms with van der Waals surface area (Å²) in [6.07, 6.45) is 3.06. The average Bonchev–Trinajstić information content (AvgIpc) is 3.42. The topological polar surface area (TPSA) is 172 Å². The molecule has 0 bridgehead atoms. The highest BCUT2D eigenvalue weighted by Gasteiger charge is 2.40. The second-order valence-electron chi connectivity index (χ2n) is 11.5. The monoisotopic (exact) mass is 714 g/mol. The fourth-order valence-corrected chi connectivity index (χ4v) is 5.52. The number of hydrogen-bond acceptors (Lipinski definition) is 12. The number of hydrogen-bond donors (Lipinski definition) is 3. The van der Waals surface area contributed by atoms with Crippen molar-refractivity contribution in [1.82, 2.24) is 15.5 Å². The maximum atomic E-state index is 13.0. The second kappa shape index (κ2) is 23.6. The van der Waals surface area contributed by atoms with Gasteiger partial charge in [0.25, 0.3) is 5.91 Å². The Morgan fingerprint density at radius 3 is 1.88 bits per heavy atom. The molecular formula is C33H51ClN4O11. The summed E-state index contributed by atoms with van der Waals surface area (Å²) >= 11 is 0. The maximum absolute atomic E-state index is 13.0. The second-order valence-corrected chi connectivity index (χ2v) is 11.5. The van der Waals surface area contributed by atoms with E-state index in [1.54, 1.807) is 18.2 Å². The zero-order valence-electron chi connectivity index (χ0n) is 28.1. The van der Waals surface area contributed by atoms with E-state index in [1.165, 1.54) is 4.90 Å². The number of carbonyl (C=O) groups excluding carboxylic acids is 4. The van der Waals surface area contributed by atoms with Crippen LogP contribution in [0.15, 0.2) is 18.2 Å². The van der Waals surface area contributed by atoms with Gasteiger partial charge in [-0.2, -0.15) is 0 Å². The number of carbonyl (C=O) groups is 4. The van der Waals surface area contributed by atoms with Crippen LogP contribution in [0.2, 0.25) is 0 Å². The summed E-state index contributed by atoms with van der Waals surface area (Å²) in [5, 5.41) is 8.45. The molecule has 0 saturated carbocycles. The predicted octanol–water partition coefficient (Wildman–Crippen LogP) is 1.07. The largest absolute Gasteiger partial charge is 0.379 e. The van der Waals surface area contributed by atoms with Gasteiger partial charge in [0.15, 0.2) is 0 Å². The number of amides is 4. The molecule has 276 valence electrons. The first-order chi connectivity index (χ1) is 23.5. The Labute approximate surface area is 293 Å². The molecule has 0 aliphatic carbocycles. The lowest BCUT2D eigenvalue weighted by atomic mass is 10.0. The molecule has 1 atom stereocenters. The van der Waals surface area contributed by atoms with E-state index >= 15 is 0 Å². The third-order valence-corrected chi connectivity index (χ3v) is 8.06. The van der Waals surface area contributed by atoms with Crippen LogP contribution in [-0.2, 0) is 54.1 Å². The van der Waals surface area contributed by atoms with E-state index in [4.69, 9.17) is 33.2 Å². The van der Waals surface area contributed by atoms with Gasteiger partial charge in [0.05, 0.1) is 98.4 Å². The van der Waals surface area contributed by atoms with Gasteiger partial charge in [-0.1, -0.05) is 6.07 Å². The molecule has 3 N–H and O–H groups in total. The highest BCUT2D eigenvalue weighted by Crippen LogP contribution is 2.32. The summed E-state index contributed by atoms with van der Waals surface area (Å²) in [5.74, 6) is -1.36. The normalized spacial score (nSPS) is 17.9. The van der Waals surface area contributed by atoms with Crippen LogP contribution in [-0.4, -0.2) is 140 Å². The molecule has 1 aromatic carbocycles. The highest BCUT2D eigenvalue weighted by atomic mass is 35.5. The van der Waals surface area contributed by atoms with E-state index in [1.807, 2.05) is 0 Å². The highest BCUT2D eigenvalue weighted by molar-refractivity contribution is 6.06. The smallest absolute Gasteiger partial charge is 0.255 e. The molecule has 3 aliphatic rings. The van der Waals surface area contributed by atoms with Crippen molar-refractivity contribution in [3.05, 3.63) is 29.3 Å². The number of rotatable bonds is 24. The number of benzene rings is 1. The first-order valence-electron chi connectivity index (χ1n) is 16.9. The summed E-state index contributed by atoms with van der Waals surface area (Å²) in [5.41, 5.74) is 1.61. The van der Waals surface area contributed by atoms with Crippen molar-refractivity contribution in [2.24, 2.45) is 0 Å². The van der Waals surface area contributed by atoms with Gasteiger partial charge >= 0.3 is 0 Å². The molecule has 1 unspecified atom stereocenters. The number of nitrogens with zero attached hydrogens (tertiary/aromatic N) is 1. The first kappa shape index (κ1) is 40.7. The van der Waals surface area contributed by atoms with E-state index < -0.39 is 11.9 Å². The molecule has 3 aliphatic heterocycles. The Hall–Kier alpha value is -2.73. The Bertz CT molecular complexity index is 1170. The van der Waals surface area contributed by atoms with Crippen LogP contribution in [0.25, 0.3) is 0 Å². The molecule has 15 nitrogen and oxygen atoms in total. The molecule has 2 saturated heterocycles. The van der Waals surface area contributed by atoms with Crippen LogP contribution in [0, 0.1) is 0 Å². The van der Waals surface area contributed by atoms with Crippen LogP contribution in [0.5, 0.6) is 0 Å². The number of ether oxygens (including phenoxy) is 7. The summed E-state index contributed by atoms with van der Waals surface area (Å²) in [6, 6.07) is 4.37. The standard InChI is InChI=1S/C33H50N4O11.ClH/c38-30-5-4-29(32(40)36-30)37-24-27-26(33(37)41)2-1-3-28(27)35-31(39)8-11-42-12-13-43-14-15-44-16-17-45-18-19-46-20-21-47-22-23-48-25-6-9-34-10-7-25;/h1-3,25,29,34H,4-24H2,(H,35,39)(H,36,38,40);1H. The molecule has 4 rings (SSSR count). The van der Waals surface area contributed by atoms with E-state index in [9.17, 15) is 19.2 Å². The van der Waals surface area contributed by atoms with Crippen molar-refractivity contribution in [1.29, 1.82) is 0 Å². The summed E-state index contributed by atoms with van der Waals surface area (Å²) in [7, 11) is 0. The Morgan fingerprint density at radius 1 is 0.755 bits per heavy atom. The van der Waals surface area contributed by atoms with E-state index in [-0.39, 0.29) is 62.5 Å². The quantitative estimate of drug-likeness (QED) is 0.103. The van der Waals surface area contributed by atoms with Crippen LogP contribution < -0.4 is 16.0 Å². The zero-order chi connectivity index (χ0) is 33.8. The van der Waals surface area contributed by atoms with Gasteiger partial charge in [-0.25, -0.2) is 0 Å². The van der Waals surface area contributed by atoms with Gasteiger partial charge in [-0.15, -0.1) is 12.4 Å². The lowest BCUT2D eigenvalue weighted by Crippen LogP contribution is -2.52. The minimum Gasteiger partial charge on any atom is -0.379 e. The molecule has 3 heterocycles. The first-order valence-corrected chi connectivity index (χ1v) is 16.9. The van der Waals surface area contributed by atoms with Gasteiger partial charge in [-0.05, 0) is 44.5 Å². The molecule has 0 aromatic heterocycles. The van der Waals surface area contributed by atoms with Crippen LogP contribution in [0.4, 0.5) is 5.69 Å². The third-order valence-electron chi connectivity index (χ3n) is 8.06. The van der Waals surface area contributed by atoms with Crippen molar-refractivity contribution in [2.75, 3.05) is 104 Å². The van der Waals surface area contributed by atoms with Gasteiger partial charge in [0.2, 0.25) is 17.7 Å². The molecule has 1 aromatic rings. The van der Waals surface area contributed by atoms with Gasteiger partial charge in [0, 0.05) is 29.8 Å². The minimum absolute atomic E-state index is 0. The number of halogens is 1. The Morgan fingerprint density at radius 2 is 1.31 bits per heavy atom. The third kappa shape index (κ3) is 14.6. The molecule has 0 spiro atoms. The number of piperidine rings is 2. The minimum atomic E-state index is -0.713. The number of imide groups is 1. The molecule has 16 heteroatoms. The van der Waals surface area contributed by atoms with E-state index in [0.29, 0.717) is 102 Å². The number of nitrogens with one attached hydrogen (secondary N) is 3. The van der Waals surface area contributed by atoms with Crippen molar-refractivity contribution in [3.63, 3.8) is 0 Å². The van der Waals surface area contributed by atoms with Gasteiger partial charge in [-0.3, -0.25) is 24.5 Å². The van der Waals surface area contributed by atoms with E-state index in [0.717, 1.165) is 25.9 Å². The van der Waals surface area contributed by atoms with E-state index in [2.05, 4.69) is 16.0 Å². The molecular weight excluding hydrogens is 664 g/mol. The molecule has 0 radical (unpaired) electrons. The van der Waals surface area contributed by atoms with Crippen molar-refractivity contribution in [2.45, 2.75) is 50.8 Å². The number of anilines is 1. The Balaban J connectivity index is 0.00000650. The lowest BCUT2D eigenvalue weighted by molar-refractivity contribution is -0.137. The fourth-order valence-electron chi connectivity index (χ4n) is 5.52. The summed E-state index contributed by atoms with van der Waals surface area (Å²) in [4.78, 5) is 50.7. The molecule has 4 amide bonds. The summed E-state index contributed by atoms with van der Waals surface area (Å²) in [6.45, 7) is 8.19.